The Hall–Kier alpha value is -3.62. The van der Waals surface area contributed by atoms with Gasteiger partial charge in [-0.15, -0.1) is 0 Å². The summed E-state index contributed by atoms with van der Waals surface area (Å²) in [6.45, 7) is 1.24. The predicted molar refractivity (Wildman–Crippen MR) is 103 cm³/mol. The molecule has 3 rings (SSSR count). The van der Waals surface area contributed by atoms with Crippen molar-refractivity contribution in [2.45, 2.75) is 24.2 Å². The lowest BCUT2D eigenvalue weighted by Gasteiger charge is -2.14. The molecule has 0 atom stereocenters. The fraction of sp³-hybridized carbons (Fsp3) is 0.167. The molecule has 0 spiro atoms. The summed E-state index contributed by atoms with van der Waals surface area (Å²) in [5.41, 5.74) is -3.89. The summed E-state index contributed by atoms with van der Waals surface area (Å²) in [7, 11) is -4.41. The average Bonchev–Trinajstić information content (AvgIpc) is 3.14. The van der Waals surface area contributed by atoms with Crippen LogP contribution >= 0.6 is 0 Å². The first kappa shape index (κ1) is 24.0. The van der Waals surface area contributed by atoms with Gasteiger partial charge in [-0.05, 0) is 36.4 Å². The summed E-state index contributed by atoms with van der Waals surface area (Å²) in [6, 6.07) is 6.74. The molecule has 15 heteroatoms. The summed E-state index contributed by atoms with van der Waals surface area (Å²) in [5.74, 6) is -1.22. The molecule has 0 aliphatic carbocycles. The van der Waals surface area contributed by atoms with Crippen LogP contribution < -0.4 is 10.0 Å². The molecular formula is C18H13F6N5O3S. The zero-order chi connectivity index (χ0) is 24.6. The van der Waals surface area contributed by atoms with Crippen molar-refractivity contribution >= 4 is 27.3 Å². The molecule has 0 saturated heterocycles. The van der Waals surface area contributed by atoms with E-state index >= 15 is 0 Å². The molecular weight excluding hydrogens is 480 g/mol. The van der Waals surface area contributed by atoms with E-state index < -0.39 is 51.2 Å². The van der Waals surface area contributed by atoms with Crippen LogP contribution in [0.25, 0.3) is 5.82 Å². The minimum Gasteiger partial charge on any atom is -0.326 e. The van der Waals surface area contributed by atoms with Gasteiger partial charge >= 0.3 is 12.4 Å². The third kappa shape index (κ3) is 5.42. The molecule has 2 N–H and O–H groups in total. The minimum atomic E-state index is -5.25. The van der Waals surface area contributed by atoms with Gasteiger partial charge in [0, 0.05) is 24.9 Å². The van der Waals surface area contributed by atoms with E-state index in [0.29, 0.717) is 0 Å². The normalized spacial score (nSPS) is 12.5. The summed E-state index contributed by atoms with van der Waals surface area (Å²) in [4.78, 5) is 14.3. The van der Waals surface area contributed by atoms with Crippen LogP contribution in [0.15, 0.2) is 53.6 Å². The standard InChI is InChI=1S/C18H13F6N5O3S/c1-10(30)26-11-4-6-12(7-5-11)33(31,32)28-13-3-2-8-25-16(13)29-15(18(22,23)24)9-14(27-29)17(19,20)21/h2-9,28H,1H3,(H,26,30). The monoisotopic (exact) mass is 493 g/mol. The number of nitrogens with zero attached hydrogens (tertiary/aromatic N) is 3. The highest BCUT2D eigenvalue weighted by Gasteiger charge is 2.42. The molecule has 2 heterocycles. The summed E-state index contributed by atoms with van der Waals surface area (Å²) < 4.78 is 106. The van der Waals surface area contributed by atoms with Crippen molar-refractivity contribution < 1.29 is 39.6 Å². The van der Waals surface area contributed by atoms with Crippen LogP contribution in [0.1, 0.15) is 18.3 Å². The van der Waals surface area contributed by atoms with Gasteiger partial charge in [-0.3, -0.25) is 9.52 Å². The van der Waals surface area contributed by atoms with Crippen LogP contribution in [0, 0.1) is 0 Å². The molecule has 0 fully saturated rings. The van der Waals surface area contributed by atoms with E-state index in [1.54, 1.807) is 0 Å². The topological polar surface area (TPSA) is 106 Å². The fourth-order valence-corrected chi connectivity index (χ4v) is 3.71. The molecule has 33 heavy (non-hydrogen) atoms. The Balaban J connectivity index is 2.04. The maximum atomic E-state index is 13.4. The number of amides is 1. The van der Waals surface area contributed by atoms with Crippen LogP contribution in [-0.4, -0.2) is 29.1 Å². The van der Waals surface area contributed by atoms with Gasteiger partial charge in [-0.2, -0.15) is 31.4 Å². The lowest BCUT2D eigenvalue weighted by molar-refractivity contribution is -0.143. The summed E-state index contributed by atoms with van der Waals surface area (Å²) >= 11 is 0. The average molecular weight is 493 g/mol. The largest absolute Gasteiger partial charge is 0.435 e. The molecule has 3 aromatic rings. The number of hydrogen-bond donors (Lipinski definition) is 2. The molecule has 176 valence electrons. The van der Waals surface area contributed by atoms with Crippen LogP contribution in [0.2, 0.25) is 0 Å². The molecule has 0 unspecified atom stereocenters. The smallest absolute Gasteiger partial charge is 0.326 e. The fourth-order valence-electron chi connectivity index (χ4n) is 2.65. The third-order valence-electron chi connectivity index (χ3n) is 4.01. The van der Waals surface area contributed by atoms with E-state index in [0.717, 1.165) is 24.4 Å². The van der Waals surface area contributed by atoms with Crippen LogP contribution in [0.4, 0.5) is 37.7 Å². The number of pyridine rings is 1. The van der Waals surface area contributed by atoms with Crippen molar-refractivity contribution in [3.05, 3.63) is 60.0 Å². The Bertz CT molecular complexity index is 1280. The van der Waals surface area contributed by atoms with E-state index in [1.165, 1.54) is 25.1 Å². The number of alkyl halides is 6. The van der Waals surface area contributed by atoms with Gasteiger partial charge < -0.3 is 5.32 Å². The van der Waals surface area contributed by atoms with E-state index in [9.17, 15) is 39.6 Å². The van der Waals surface area contributed by atoms with Crippen LogP contribution in [0.5, 0.6) is 0 Å². The molecule has 0 saturated carbocycles. The zero-order valence-electron chi connectivity index (χ0n) is 16.4. The molecule has 2 aromatic heterocycles. The van der Waals surface area contributed by atoms with Gasteiger partial charge in [0.1, 0.15) is 0 Å². The second-order valence-electron chi connectivity index (χ2n) is 6.51. The van der Waals surface area contributed by atoms with E-state index in [4.69, 9.17) is 0 Å². The number of hydrogen-bond acceptors (Lipinski definition) is 5. The number of benzene rings is 1. The molecule has 0 aliphatic heterocycles. The SMILES string of the molecule is CC(=O)Nc1ccc(S(=O)(=O)Nc2cccnc2-n2nc(C(F)(F)F)cc2C(F)(F)F)cc1. The molecule has 1 amide bonds. The first-order valence-corrected chi connectivity index (χ1v) is 10.3. The molecule has 1 aromatic carbocycles. The first-order chi connectivity index (χ1) is 15.2. The Morgan fingerprint density at radius 2 is 1.64 bits per heavy atom. The van der Waals surface area contributed by atoms with Crippen molar-refractivity contribution in [1.29, 1.82) is 0 Å². The Morgan fingerprint density at radius 3 is 2.18 bits per heavy atom. The number of carbonyl (C=O) groups excluding carboxylic acids is 1. The van der Waals surface area contributed by atoms with Crippen LogP contribution in [-0.2, 0) is 27.2 Å². The van der Waals surface area contributed by atoms with Crippen molar-refractivity contribution in [1.82, 2.24) is 14.8 Å². The van der Waals surface area contributed by atoms with E-state index in [-0.39, 0.29) is 21.3 Å². The lowest BCUT2D eigenvalue weighted by atomic mass is 10.3. The van der Waals surface area contributed by atoms with E-state index in [2.05, 4.69) is 15.4 Å². The predicted octanol–water partition coefficient (Wildman–Crippen LogP) is 4.06. The van der Waals surface area contributed by atoms with Crippen molar-refractivity contribution in [2.24, 2.45) is 0 Å². The van der Waals surface area contributed by atoms with E-state index in [1.807, 2.05) is 4.72 Å². The first-order valence-electron chi connectivity index (χ1n) is 8.79. The Labute approximate surface area is 182 Å². The van der Waals surface area contributed by atoms with Gasteiger partial charge in [0.25, 0.3) is 10.0 Å². The number of halogens is 6. The van der Waals surface area contributed by atoms with Gasteiger partial charge in [-0.1, -0.05) is 0 Å². The van der Waals surface area contributed by atoms with Crippen LogP contribution in [0.3, 0.4) is 0 Å². The number of rotatable bonds is 5. The van der Waals surface area contributed by atoms with Gasteiger partial charge in [-0.25, -0.2) is 18.1 Å². The van der Waals surface area contributed by atoms with Gasteiger partial charge in [0.2, 0.25) is 5.91 Å². The summed E-state index contributed by atoms with van der Waals surface area (Å²) in [5, 5.41) is 5.38. The molecule has 0 aliphatic rings. The second-order valence-corrected chi connectivity index (χ2v) is 8.19. The number of nitrogens with one attached hydrogen (secondary N) is 2. The highest BCUT2D eigenvalue weighted by molar-refractivity contribution is 7.92. The van der Waals surface area contributed by atoms with Crippen molar-refractivity contribution in [3.63, 3.8) is 0 Å². The van der Waals surface area contributed by atoms with Crippen molar-refractivity contribution in [3.8, 4) is 5.82 Å². The van der Waals surface area contributed by atoms with Gasteiger partial charge in [0.15, 0.2) is 17.2 Å². The van der Waals surface area contributed by atoms with Gasteiger partial charge in [0.05, 0.1) is 10.6 Å². The maximum absolute atomic E-state index is 13.4. The zero-order valence-corrected chi connectivity index (χ0v) is 17.2. The van der Waals surface area contributed by atoms with Crippen molar-refractivity contribution in [2.75, 3.05) is 10.0 Å². The second kappa shape index (κ2) is 8.38. The number of sulfonamides is 1. The number of carbonyl (C=O) groups is 1. The highest BCUT2D eigenvalue weighted by atomic mass is 32.2. The summed E-state index contributed by atoms with van der Waals surface area (Å²) in [6.07, 6.45) is -9.47. The Morgan fingerprint density at radius 1 is 1.00 bits per heavy atom. The molecule has 0 radical (unpaired) electrons. The molecule has 0 bridgehead atoms. The number of anilines is 2. The minimum absolute atomic E-state index is 0.124. The Kier molecular flexibility index (Phi) is 6.10. The number of aromatic nitrogens is 3. The third-order valence-corrected chi connectivity index (χ3v) is 5.39. The lowest BCUT2D eigenvalue weighted by Crippen LogP contribution is -2.19. The highest BCUT2D eigenvalue weighted by Crippen LogP contribution is 2.37. The molecule has 8 nitrogen and oxygen atoms in total. The quantitative estimate of drug-likeness (QED) is 0.522. The maximum Gasteiger partial charge on any atom is 0.435 e.